The zero-order valence-corrected chi connectivity index (χ0v) is 30.6. The largest absolute Gasteiger partial charge is 0.416 e. The number of piperidine rings is 1. The average molecular weight is 781 g/mol. The predicted molar refractivity (Wildman–Crippen MR) is 192 cm³/mol. The Hall–Kier alpha value is -3.46. The number of alkyl halides is 3. The van der Waals surface area contributed by atoms with Crippen molar-refractivity contribution in [1.29, 1.82) is 0 Å². The second-order valence-corrected chi connectivity index (χ2v) is 15.9. The fourth-order valence-corrected chi connectivity index (χ4v) is 8.33. The van der Waals surface area contributed by atoms with E-state index in [9.17, 15) is 26.4 Å². The third-order valence-electron chi connectivity index (χ3n) is 8.57. The number of carbonyl (C=O) groups is 1. The molecule has 10 nitrogen and oxygen atoms in total. The van der Waals surface area contributed by atoms with Crippen molar-refractivity contribution in [2.75, 3.05) is 46.3 Å². The quantitative estimate of drug-likeness (QED) is 0.212. The summed E-state index contributed by atoms with van der Waals surface area (Å²) in [7, 11) is -2.02. The van der Waals surface area contributed by atoms with Crippen LogP contribution in [0.4, 0.5) is 13.2 Å². The molecule has 17 heteroatoms. The monoisotopic (exact) mass is 779 g/mol. The van der Waals surface area contributed by atoms with E-state index in [-0.39, 0.29) is 17.3 Å². The molecule has 0 bridgehead atoms. The number of thiophene rings is 1. The summed E-state index contributed by atoms with van der Waals surface area (Å²) in [4.78, 5) is 17.2. The fraction of sp³-hybridized carbons (Fsp3) is 0.353. The molecule has 0 atom stereocenters. The normalized spacial score (nSPS) is 16.5. The summed E-state index contributed by atoms with van der Waals surface area (Å²) >= 11 is 14.1. The number of piperazine rings is 1. The van der Waals surface area contributed by atoms with Gasteiger partial charge in [-0.25, -0.2) is 9.69 Å². The molecular formula is C34H34Cl2F3N7O3S2. The zero-order valence-electron chi connectivity index (χ0n) is 27.4. The Morgan fingerprint density at radius 3 is 2.31 bits per heavy atom. The topological polar surface area (TPSA) is 103 Å². The van der Waals surface area contributed by atoms with E-state index in [0.717, 1.165) is 31.4 Å². The number of halogens is 5. The van der Waals surface area contributed by atoms with Gasteiger partial charge in [-0.05, 0) is 74.5 Å². The van der Waals surface area contributed by atoms with Crippen molar-refractivity contribution >= 4 is 50.7 Å². The number of nitrogens with zero attached hydrogens (tertiary/aromatic N) is 5. The smallest absolute Gasteiger partial charge is 0.304 e. The van der Waals surface area contributed by atoms with Gasteiger partial charge in [0.2, 0.25) is 0 Å². The van der Waals surface area contributed by atoms with Crippen molar-refractivity contribution in [3.05, 3.63) is 91.9 Å². The van der Waals surface area contributed by atoms with E-state index in [4.69, 9.17) is 28.3 Å². The van der Waals surface area contributed by atoms with Gasteiger partial charge in [0.15, 0.2) is 5.69 Å². The molecule has 2 fully saturated rings. The van der Waals surface area contributed by atoms with Gasteiger partial charge in [-0.15, -0.1) is 11.3 Å². The van der Waals surface area contributed by atoms with Gasteiger partial charge >= 0.3 is 6.18 Å². The lowest BCUT2D eigenvalue weighted by Gasteiger charge is -2.31. The van der Waals surface area contributed by atoms with Crippen LogP contribution in [0.1, 0.15) is 51.3 Å². The van der Waals surface area contributed by atoms with Crippen LogP contribution in [0.15, 0.2) is 54.6 Å². The molecule has 0 unspecified atom stereocenters. The standard InChI is InChI=1S/C34H34Cl2F3N7O3S2/c1-43-17-19-45(20-18-43)51(48,49)40-22-27-31(33(47)42-44-15-3-2-4-16-44)41-46(29-13-10-25(35)21-28(29)36)32(27)30-14-12-26(50-30)11-7-23-5-8-24(9-6-23)34(37,38)39/h5-6,8-10,12-14,21,40H,2-4,15-20,22H2,1H3,(H,42,47). The van der Waals surface area contributed by atoms with Crippen LogP contribution < -0.4 is 10.1 Å². The van der Waals surface area contributed by atoms with E-state index in [1.54, 1.807) is 30.3 Å². The Balaban J connectivity index is 1.42. The minimum atomic E-state index is -4.45. The Bertz CT molecular complexity index is 2060. The van der Waals surface area contributed by atoms with Gasteiger partial charge in [0.25, 0.3) is 16.1 Å². The molecule has 0 saturated carbocycles. The first-order valence-corrected chi connectivity index (χ1v) is 19.2. The number of carbonyl (C=O) groups excluding carboxylic acids is 1. The van der Waals surface area contributed by atoms with Crippen LogP contribution >= 0.6 is 34.5 Å². The third-order valence-corrected chi connectivity index (χ3v) is 11.7. The van der Waals surface area contributed by atoms with E-state index in [1.807, 2.05) is 17.0 Å². The van der Waals surface area contributed by atoms with Crippen molar-refractivity contribution in [3.63, 3.8) is 0 Å². The molecule has 270 valence electrons. The fourth-order valence-electron chi connectivity index (χ4n) is 5.77. The minimum Gasteiger partial charge on any atom is -0.304 e. The SMILES string of the molecule is CN1CCN(S(=O)(=O)NCc2c(C(=O)NN3CCCCC3)nn(-c3ccc(Cl)cc3Cl)c2-c2ccc(C#Cc3ccc(C(F)(F)F)cc3)s2)CC1. The highest BCUT2D eigenvalue weighted by atomic mass is 35.5. The van der Waals surface area contributed by atoms with Crippen molar-refractivity contribution < 1.29 is 26.4 Å². The van der Waals surface area contributed by atoms with Crippen LogP contribution in [-0.2, 0) is 22.9 Å². The first kappa shape index (κ1) is 37.3. The number of hydrazine groups is 1. The van der Waals surface area contributed by atoms with Crippen molar-refractivity contribution in [2.24, 2.45) is 0 Å². The van der Waals surface area contributed by atoms with Crippen LogP contribution in [0.5, 0.6) is 0 Å². The number of hydrogen-bond donors (Lipinski definition) is 2. The van der Waals surface area contributed by atoms with Crippen LogP contribution in [0, 0.1) is 11.8 Å². The zero-order chi connectivity index (χ0) is 36.3. The van der Waals surface area contributed by atoms with Crippen LogP contribution in [-0.4, -0.2) is 84.6 Å². The van der Waals surface area contributed by atoms with E-state index in [1.165, 1.54) is 32.5 Å². The van der Waals surface area contributed by atoms with Gasteiger partial charge in [0.05, 0.1) is 31.7 Å². The molecule has 2 aliphatic rings. The Morgan fingerprint density at radius 1 is 0.941 bits per heavy atom. The van der Waals surface area contributed by atoms with Gasteiger partial charge in [-0.1, -0.05) is 41.5 Å². The van der Waals surface area contributed by atoms with Gasteiger partial charge in [0.1, 0.15) is 0 Å². The van der Waals surface area contributed by atoms with Crippen molar-refractivity contribution in [3.8, 4) is 28.1 Å². The lowest BCUT2D eigenvalue weighted by Crippen LogP contribution is -2.50. The second-order valence-electron chi connectivity index (χ2n) is 12.2. The van der Waals surface area contributed by atoms with E-state index in [2.05, 4.69) is 22.0 Å². The maximum Gasteiger partial charge on any atom is 0.416 e. The number of benzene rings is 2. The first-order chi connectivity index (χ1) is 24.3. The molecule has 2 aliphatic heterocycles. The Kier molecular flexibility index (Phi) is 11.4. The molecule has 0 aliphatic carbocycles. The molecule has 2 N–H and O–H groups in total. The van der Waals surface area contributed by atoms with Gasteiger partial charge in [0, 0.05) is 62.0 Å². The lowest BCUT2D eigenvalue weighted by molar-refractivity contribution is -0.137. The van der Waals surface area contributed by atoms with Crippen molar-refractivity contribution in [1.82, 2.24) is 34.1 Å². The van der Waals surface area contributed by atoms with Crippen molar-refractivity contribution in [2.45, 2.75) is 32.0 Å². The summed E-state index contributed by atoms with van der Waals surface area (Å²) in [6.45, 7) is 2.85. The van der Waals surface area contributed by atoms with Gasteiger partial charge < -0.3 is 4.90 Å². The molecule has 2 aromatic carbocycles. The maximum atomic E-state index is 13.9. The molecular weight excluding hydrogens is 746 g/mol. The van der Waals surface area contributed by atoms with E-state index in [0.29, 0.717) is 76.6 Å². The maximum absolute atomic E-state index is 13.9. The van der Waals surface area contributed by atoms with Crippen LogP contribution in [0.25, 0.3) is 16.3 Å². The summed E-state index contributed by atoms with van der Waals surface area (Å²) in [5.74, 6) is 5.39. The van der Waals surface area contributed by atoms with E-state index < -0.39 is 27.9 Å². The highest BCUT2D eigenvalue weighted by Crippen LogP contribution is 2.37. The number of hydrogen-bond acceptors (Lipinski definition) is 7. The molecule has 4 heterocycles. The number of aromatic nitrogens is 2. The van der Waals surface area contributed by atoms with E-state index >= 15 is 0 Å². The molecule has 4 aromatic rings. The summed E-state index contributed by atoms with van der Waals surface area (Å²) in [6.07, 6.45) is -1.56. The predicted octanol–water partition coefficient (Wildman–Crippen LogP) is 6.04. The second kappa shape index (κ2) is 15.6. The molecule has 2 saturated heterocycles. The average Bonchev–Trinajstić information content (AvgIpc) is 3.72. The van der Waals surface area contributed by atoms with Crippen LogP contribution in [0.2, 0.25) is 10.0 Å². The molecule has 0 radical (unpaired) electrons. The molecule has 0 spiro atoms. The summed E-state index contributed by atoms with van der Waals surface area (Å²) in [6, 6.07) is 12.9. The molecule has 1 amide bonds. The summed E-state index contributed by atoms with van der Waals surface area (Å²) < 4.78 is 71.7. The van der Waals surface area contributed by atoms with Gasteiger partial charge in [-0.2, -0.15) is 35.7 Å². The third kappa shape index (κ3) is 8.95. The number of likely N-dealkylation sites (N-methyl/N-ethyl adjacent to an activating group) is 1. The molecule has 51 heavy (non-hydrogen) atoms. The lowest BCUT2D eigenvalue weighted by atomic mass is 10.1. The number of rotatable bonds is 8. The molecule has 6 rings (SSSR count). The van der Waals surface area contributed by atoms with Gasteiger partial charge in [-0.3, -0.25) is 10.2 Å². The Morgan fingerprint density at radius 2 is 1.65 bits per heavy atom. The highest BCUT2D eigenvalue weighted by Gasteiger charge is 2.32. The summed E-state index contributed by atoms with van der Waals surface area (Å²) in [5, 5.41) is 7.21. The number of amides is 1. The molecule has 2 aromatic heterocycles. The first-order valence-electron chi connectivity index (χ1n) is 16.1. The highest BCUT2D eigenvalue weighted by molar-refractivity contribution is 7.87. The number of nitrogens with one attached hydrogen (secondary N) is 2. The summed E-state index contributed by atoms with van der Waals surface area (Å²) in [5.41, 5.74) is 3.72. The Labute approximate surface area is 308 Å². The van der Waals surface area contributed by atoms with Crippen LogP contribution in [0.3, 0.4) is 0 Å². The minimum absolute atomic E-state index is 0.00783.